The molecule has 0 atom stereocenters. The quantitative estimate of drug-likeness (QED) is 0.359. The van der Waals surface area contributed by atoms with Crippen molar-refractivity contribution in [2.24, 2.45) is 0 Å². The van der Waals surface area contributed by atoms with E-state index in [2.05, 4.69) is 0 Å². The third-order valence-corrected chi connectivity index (χ3v) is 0.588. The monoisotopic (exact) mass is 86.1 g/mol. The highest BCUT2D eigenvalue weighted by Crippen LogP contribution is 1.90. The standard InChI is InChI=1S/C4H8BF/c5-3-1-2-4-6/h1-4H2. The number of alkyl halides is 1. The second kappa shape index (κ2) is 4.99. The smallest absolute Gasteiger partial charge is 0.0894 e. The maximum atomic E-state index is 11.1. The first-order valence-electron chi connectivity index (χ1n) is 2.18. The molecule has 0 aliphatic heterocycles. The van der Waals surface area contributed by atoms with Crippen LogP contribution in [0.2, 0.25) is 6.32 Å². The van der Waals surface area contributed by atoms with Gasteiger partial charge in [0, 0.05) is 0 Å². The summed E-state index contributed by atoms with van der Waals surface area (Å²) >= 11 is 0. The van der Waals surface area contributed by atoms with Crippen LogP contribution in [-0.2, 0) is 0 Å². The molecule has 2 heteroatoms. The maximum Gasteiger partial charge on any atom is 0.0894 e. The predicted octanol–water partition coefficient (Wildman–Crippen LogP) is 1.32. The Morgan fingerprint density at radius 3 is 2.17 bits per heavy atom. The second-order valence-electron chi connectivity index (χ2n) is 1.18. The molecular formula is C4H8BF. The minimum absolute atomic E-state index is 0.225. The molecule has 34 valence electrons. The van der Waals surface area contributed by atoms with Crippen LogP contribution < -0.4 is 0 Å². The van der Waals surface area contributed by atoms with Gasteiger partial charge in [0.15, 0.2) is 0 Å². The lowest BCUT2D eigenvalue weighted by Gasteiger charge is -1.84. The average molecular weight is 85.9 g/mol. The van der Waals surface area contributed by atoms with Crippen LogP contribution in [0.3, 0.4) is 0 Å². The van der Waals surface area contributed by atoms with Crippen molar-refractivity contribution >= 4 is 7.85 Å². The van der Waals surface area contributed by atoms with Crippen molar-refractivity contribution in [1.29, 1.82) is 0 Å². The first kappa shape index (κ1) is 5.99. The molecule has 0 rings (SSSR count). The lowest BCUT2D eigenvalue weighted by molar-refractivity contribution is 0.469. The van der Waals surface area contributed by atoms with Crippen molar-refractivity contribution in [3.8, 4) is 0 Å². The molecule has 0 fully saturated rings. The summed E-state index contributed by atoms with van der Waals surface area (Å²) in [5, 5.41) is 0. The van der Waals surface area contributed by atoms with Crippen molar-refractivity contribution < 1.29 is 4.39 Å². The highest BCUT2D eigenvalue weighted by Gasteiger charge is 1.77. The molecule has 0 aliphatic carbocycles. The molecule has 0 nitrogen and oxygen atoms in total. The Balaban J connectivity index is 2.34. The Morgan fingerprint density at radius 2 is 2.00 bits per heavy atom. The molecule has 0 bridgehead atoms. The SMILES string of the molecule is [B]CCCCF. The zero-order valence-electron chi connectivity index (χ0n) is 3.78. The fraction of sp³-hybridized carbons (Fsp3) is 1.00. The summed E-state index contributed by atoms with van der Waals surface area (Å²) < 4.78 is 11.1. The summed E-state index contributed by atoms with van der Waals surface area (Å²) in [6.45, 7) is -0.225. The zero-order chi connectivity index (χ0) is 4.83. The van der Waals surface area contributed by atoms with Crippen LogP contribution in [0.15, 0.2) is 0 Å². The minimum atomic E-state index is -0.225. The van der Waals surface area contributed by atoms with Crippen LogP contribution in [0.25, 0.3) is 0 Å². The summed E-state index contributed by atoms with van der Waals surface area (Å²) in [4.78, 5) is 0. The molecule has 0 spiro atoms. The topological polar surface area (TPSA) is 0 Å². The van der Waals surface area contributed by atoms with Gasteiger partial charge in [-0.2, -0.15) is 0 Å². The summed E-state index contributed by atoms with van der Waals surface area (Å²) in [5.41, 5.74) is 0. The molecule has 0 aromatic rings. The Bertz CT molecular complexity index is 19.5. The largest absolute Gasteiger partial charge is 0.251 e. The second-order valence-corrected chi connectivity index (χ2v) is 1.18. The van der Waals surface area contributed by atoms with Crippen LogP contribution in [-0.4, -0.2) is 14.5 Å². The van der Waals surface area contributed by atoms with Crippen LogP contribution >= 0.6 is 0 Å². The van der Waals surface area contributed by atoms with Gasteiger partial charge in [0.2, 0.25) is 0 Å². The molecule has 0 heterocycles. The molecule has 0 aromatic heterocycles. The van der Waals surface area contributed by atoms with E-state index >= 15 is 0 Å². The van der Waals surface area contributed by atoms with E-state index in [1.54, 1.807) is 0 Å². The van der Waals surface area contributed by atoms with Crippen molar-refractivity contribution in [2.75, 3.05) is 6.67 Å². The number of unbranched alkanes of at least 4 members (excludes halogenated alkanes) is 1. The van der Waals surface area contributed by atoms with Gasteiger partial charge in [-0.25, -0.2) is 0 Å². The van der Waals surface area contributed by atoms with Gasteiger partial charge in [0.25, 0.3) is 0 Å². The molecule has 0 N–H and O–H groups in total. The van der Waals surface area contributed by atoms with E-state index in [0.29, 0.717) is 12.7 Å². The Kier molecular flexibility index (Phi) is 4.99. The molecule has 0 unspecified atom stereocenters. The normalized spacial score (nSPS) is 8.83. The van der Waals surface area contributed by atoms with E-state index in [1.807, 2.05) is 0 Å². The van der Waals surface area contributed by atoms with E-state index in [4.69, 9.17) is 7.85 Å². The van der Waals surface area contributed by atoms with Crippen LogP contribution in [0.1, 0.15) is 12.8 Å². The van der Waals surface area contributed by atoms with Crippen molar-refractivity contribution in [3.63, 3.8) is 0 Å². The molecule has 2 radical (unpaired) electrons. The molecular weight excluding hydrogens is 77.9 g/mol. The van der Waals surface area contributed by atoms with Crippen LogP contribution in [0.4, 0.5) is 4.39 Å². The third kappa shape index (κ3) is 3.99. The van der Waals surface area contributed by atoms with Gasteiger partial charge in [-0.1, -0.05) is 12.7 Å². The van der Waals surface area contributed by atoms with E-state index < -0.39 is 0 Å². The fourth-order valence-electron chi connectivity index (χ4n) is 0.239. The van der Waals surface area contributed by atoms with Crippen molar-refractivity contribution in [2.45, 2.75) is 19.2 Å². The van der Waals surface area contributed by atoms with Gasteiger partial charge < -0.3 is 0 Å². The maximum absolute atomic E-state index is 11.1. The van der Waals surface area contributed by atoms with E-state index in [9.17, 15) is 4.39 Å². The highest BCUT2D eigenvalue weighted by molar-refractivity contribution is 6.08. The first-order chi connectivity index (χ1) is 2.91. The number of halogens is 1. The summed E-state index contributed by atoms with van der Waals surface area (Å²) in [6, 6.07) is 0. The molecule has 0 aromatic carbocycles. The number of hydrogen-bond donors (Lipinski definition) is 0. The van der Waals surface area contributed by atoms with Gasteiger partial charge in [-0.3, -0.25) is 4.39 Å². The predicted molar refractivity (Wildman–Crippen MR) is 25.8 cm³/mol. The third-order valence-electron chi connectivity index (χ3n) is 0.588. The molecule has 6 heavy (non-hydrogen) atoms. The van der Waals surface area contributed by atoms with Crippen LogP contribution in [0.5, 0.6) is 0 Å². The average Bonchev–Trinajstić information content (AvgIpc) is 1.61. The minimum Gasteiger partial charge on any atom is -0.251 e. The lowest BCUT2D eigenvalue weighted by Crippen LogP contribution is -1.74. The summed E-state index contributed by atoms with van der Waals surface area (Å²) in [5.74, 6) is 0. The Labute approximate surface area is 39.2 Å². The van der Waals surface area contributed by atoms with Gasteiger partial charge in [-0.15, -0.1) is 0 Å². The molecule has 0 aliphatic rings. The number of hydrogen-bond acceptors (Lipinski definition) is 0. The Hall–Kier alpha value is -0.00506. The molecule has 0 amide bonds. The van der Waals surface area contributed by atoms with E-state index in [1.165, 1.54) is 0 Å². The van der Waals surface area contributed by atoms with Crippen molar-refractivity contribution in [3.05, 3.63) is 0 Å². The van der Waals surface area contributed by atoms with Gasteiger partial charge in [0.1, 0.15) is 0 Å². The zero-order valence-corrected chi connectivity index (χ0v) is 3.78. The first-order valence-corrected chi connectivity index (χ1v) is 2.18. The van der Waals surface area contributed by atoms with E-state index in [0.717, 1.165) is 6.42 Å². The molecule has 0 saturated carbocycles. The summed E-state index contributed by atoms with van der Waals surface area (Å²) in [6.07, 6.45) is 2.05. The van der Waals surface area contributed by atoms with Gasteiger partial charge in [-0.05, 0) is 6.42 Å². The van der Waals surface area contributed by atoms with Crippen LogP contribution in [0, 0.1) is 0 Å². The lowest BCUT2D eigenvalue weighted by atomic mass is 10.0. The summed E-state index contributed by atoms with van der Waals surface area (Å²) in [7, 11) is 5.05. The van der Waals surface area contributed by atoms with Gasteiger partial charge >= 0.3 is 0 Å². The fourth-order valence-corrected chi connectivity index (χ4v) is 0.239. The Morgan fingerprint density at radius 1 is 1.33 bits per heavy atom. The number of rotatable bonds is 3. The molecule has 0 saturated heterocycles. The highest BCUT2D eigenvalue weighted by atomic mass is 19.1. The van der Waals surface area contributed by atoms with E-state index in [-0.39, 0.29) is 6.67 Å². The van der Waals surface area contributed by atoms with Crippen molar-refractivity contribution in [1.82, 2.24) is 0 Å². The van der Waals surface area contributed by atoms with Gasteiger partial charge in [0.05, 0.1) is 14.5 Å².